The average molecular weight is 385 g/mol. The first kappa shape index (κ1) is 19.9. The number of halogens is 1. The molecule has 1 saturated heterocycles. The van der Waals surface area contributed by atoms with Crippen molar-refractivity contribution in [1.82, 2.24) is 15.6 Å². The summed E-state index contributed by atoms with van der Waals surface area (Å²) in [7, 11) is 1.72. The van der Waals surface area contributed by atoms with Gasteiger partial charge in [-0.3, -0.25) is 4.99 Å². The number of rotatable bonds is 7. The van der Waals surface area contributed by atoms with E-state index in [0.717, 1.165) is 24.5 Å². The molecule has 2 aromatic rings. The second kappa shape index (κ2) is 9.92. The number of ether oxygens (including phenoxy) is 1. The third kappa shape index (κ3) is 5.58. The lowest BCUT2D eigenvalue weighted by Gasteiger charge is -2.19. The minimum absolute atomic E-state index is 0.210. The number of nitrogens with one attached hydrogen (secondary N) is 2. The molecule has 0 spiro atoms. The summed E-state index contributed by atoms with van der Waals surface area (Å²) in [6, 6.07) is 10.5. The predicted octanol–water partition coefficient (Wildman–Crippen LogP) is 2.95. The topological polar surface area (TPSA) is 61.8 Å². The van der Waals surface area contributed by atoms with Crippen molar-refractivity contribution in [3.63, 3.8) is 0 Å². The molecule has 0 bridgehead atoms. The van der Waals surface area contributed by atoms with Crippen LogP contribution >= 0.6 is 0 Å². The molecule has 2 N–H and O–H groups in total. The van der Waals surface area contributed by atoms with Gasteiger partial charge in [-0.05, 0) is 49.6 Å². The van der Waals surface area contributed by atoms with Crippen LogP contribution in [0.15, 0.2) is 47.6 Å². The molecule has 150 valence electrons. The fourth-order valence-electron chi connectivity index (χ4n) is 3.14. The summed E-state index contributed by atoms with van der Waals surface area (Å²) >= 11 is 0. The minimum atomic E-state index is -0.358. The van der Waals surface area contributed by atoms with Gasteiger partial charge in [0.25, 0.3) is 0 Å². The van der Waals surface area contributed by atoms with E-state index in [9.17, 15) is 4.39 Å². The third-order valence-corrected chi connectivity index (χ3v) is 4.65. The van der Waals surface area contributed by atoms with E-state index in [0.29, 0.717) is 19.0 Å². The van der Waals surface area contributed by atoms with Gasteiger partial charge in [-0.15, -0.1) is 0 Å². The Balaban J connectivity index is 1.47. The van der Waals surface area contributed by atoms with Crippen LogP contribution in [-0.4, -0.2) is 43.7 Å². The molecule has 1 aliphatic heterocycles. The maximum Gasteiger partial charge on any atom is 0.191 e. The zero-order valence-electron chi connectivity index (χ0n) is 16.5. The number of anilines is 1. The molecular formula is C21H28FN5O. The molecule has 1 aromatic carbocycles. The van der Waals surface area contributed by atoms with Gasteiger partial charge in [-0.1, -0.05) is 12.1 Å². The molecule has 0 aliphatic carbocycles. The van der Waals surface area contributed by atoms with Gasteiger partial charge in [0.2, 0.25) is 0 Å². The number of aliphatic imine (C=N–C) groups is 1. The molecule has 0 saturated carbocycles. The number of aromatic nitrogens is 1. The van der Waals surface area contributed by atoms with Crippen LogP contribution in [0, 0.1) is 5.82 Å². The molecule has 7 heteroatoms. The lowest BCUT2D eigenvalue weighted by molar-refractivity contribution is 0.214. The molecule has 0 radical (unpaired) electrons. The lowest BCUT2D eigenvalue weighted by atomic mass is 10.2. The van der Waals surface area contributed by atoms with E-state index in [1.165, 1.54) is 18.9 Å². The van der Waals surface area contributed by atoms with Crippen LogP contribution < -0.4 is 20.3 Å². The monoisotopic (exact) mass is 385 g/mol. The average Bonchev–Trinajstić information content (AvgIpc) is 3.25. The Bertz CT molecular complexity index is 792. The van der Waals surface area contributed by atoms with Crippen LogP contribution in [0.4, 0.5) is 10.2 Å². The normalized spacial score (nSPS) is 15.4. The van der Waals surface area contributed by atoms with Gasteiger partial charge >= 0.3 is 0 Å². The van der Waals surface area contributed by atoms with Crippen molar-refractivity contribution in [2.24, 2.45) is 4.99 Å². The number of para-hydroxylation sites is 1. The molecule has 1 unspecified atom stereocenters. The Morgan fingerprint density at radius 3 is 2.79 bits per heavy atom. The molecule has 6 nitrogen and oxygen atoms in total. The van der Waals surface area contributed by atoms with Gasteiger partial charge in [0.15, 0.2) is 17.5 Å². The maximum absolute atomic E-state index is 13.7. The van der Waals surface area contributed by atoms with Crippen molar-refractivity contribution in [3.8, 4) is 5.75 Å². The SMILES string of the molecule is CN=C(NCc1ccnc(N2CCCC2)c1)NCC(C)Oc1ccccc1F. The van der Waals surface area contributed by atoms with Gasteiger partial charge in [0, 0.05) is 32.9 Å². The Morgan fingerprint density at radius 1 is 1.25 bits per heavy atom. The van der Waals surface area contributed by atoms with Crippen LogP contribution in [0.3, 0.4) is 0 Å². The van der Waals surface area contributed by atoms with E-state index in [4.69, 9.17) is 4.74 Å². The Hall–Kier alpha value is -2.83. The molecular weight excluding hydrogens is 357 g/mol. The Kier molecular flexibility index (Phi) is 7.06. The van der Waals surface area contributed by atoms with Crippen molar-refractivity contribution < 1.29 is 9.13 Å². The van der Waals surface area contributed by atoms with Crippen LogP contribution in [0.25, 0.3) is 0 Å². The lowest BCUT2D eigenvalue weighted by Crippen LogP contribution is -2.41. The van der Waals surface area contributed by atoms with Gasteiger partial charge < -0.3 is 20.3 Å². The molecule has 1 aromatic heterocycles. The second-order valence-corrected chi connectivity index (χ2v) is 6.88. The Labute approximate surface area is 165 Å². The van der Waals surface area contributed by atoms with Crippen LogP contribution in [0.2, 0.25) is 0 Å². The molecule has 2 heterocycles. The van der Waals surface area contributed by atoms with Crippen molar-refractivity contribution >= 4 is 11.8 Å². The van der Waals surface area contributed by atoms with Gasteiger partial charge in [0.1, 0.15) is 11.9 Å². The molecule has 0 amide bonds. The third-order valence-electron chi connectivity index (χ3n) is 4.65. The van der Waals surface area contributed by atoms with Crippen molar-refractivity contribution in [3.05, 3.63) is 54.0 Å². The summed E-state index contributed by atoms with van der Waals surface area (Å²) in [5, 5.41) is 6.51. The molecule has 1 atom stereocenters. The summed E-state index contributed by atoms with van der Waals surface area (Å²) in [5.41, 5.74) is 1.15. The maximum atomic E-state index is 13.7. The van der Waals surface area contributed by atoms with Gasteiger partial charge in [0.05, 0.1) is 6.54 Å². The largest absolute Gasteiger partial charge is 0.486 e. The number of hydrogen-bond donors (Lipinski definition) is 2. The summed E-state index contributed by atoms with van der Waals surface area (Å²) < 4.78 is 19.3. The van der Waals surface area contributed by atoms with E-state index >= 15 is 0 Å². The van der Waals surface area contributed by atoms with Gasteiger partial charge in [-0.2, -0.15) is 0 Å². The highest BCUT2D eigenvalue weighted by atomic mass is 19.1. The van der Waals surface area contributed by atoms with Crippen LogP contribution in [0.5, 0.6) is 5.75 Å². The van der Waals surface area contributed by atoms with Crippen LogP contribution in [0.1, 0.15) is 25.3 Å². The number of guanidine groups is 1. The molecule has 1 fully saturated rings. The zero-order valence-corrected chi connectivity index (χ0v) is 16.5. The van der Waals surface area contributed by atoms with E-state index in [2.05, 4.69) is 31.6 Å². The Morgan fingerprint density at radius 2 is 2.04 bits per heavy atom. The first-order valence-electron chi connectivity index (χ1n) is 9.71. The minimum Gasteiger partial charge on any atom is -0.486 e. The van der Waals surface area contributed by atoms with Crippen molar-refractivity contribution in [1.29, 1.82) is 0 Å². The second-order valence-electron chi connectivity index (χ2n) is 6.88. The first-order valence-corrected chi connectivity index (χ1v) is 9.71. The van der Waals surface area contributed by atoms with Crippen molar-refractivity contribution in [2.75, 3.05) is 31.6 Å². The number of nitrogens with zero attached hydrogens (tertiary/aromatic N) is 3. The summed E-state index contributed by atoms with van der Waals surface area (Å²) in [5.74, 6) is 1.60. The predicted molar refractivity (Wildman–Crippen MR) is 110 cm³/mol. The summed E-state index contributed by atoms with van der Waals surface area (Å²) in [4.78, 5) is 11.0. The fraction of sp³-hybridized carbons (Fsp3) is 0.429. The van der Waals surface area contributed by atoms with E-state index < -0.39 is 0 Å². The quantitative estimate of drug-likeness (QED) is 0.567. The highest BCUT2D eigenvalue weighted by molar-refractivity contribution is 5.79. The molecule has 3 rings (SSSR count). The number of hydrogen-bond acceptors (Lipinski definition) is 4. The smallest absolute Gasteiger partial charge is 0.191 e. The van der Waals surface area contributed by atoms with Crippen molar-refractivity contribution in [2.45, 2.75) is 32.4 Å². The number of pyridine rings is 1. The van der Waals surface area contributed by atoms with Crippen LogP contribution in [-0.2, 0) is 6.54 Å². The highest BCUT2D eigenvalue weighted by Gasteiger charge is 2.14. The number of benzene rings is 1. The first-order chi connectivity index (χ1) is 13.7. The standard InChI is InChI=1S/C21H28FN5O/c1-16(28-19-8-4-3-7-18(19)22)14-25-21(23-2)26-15-17-9-10-24-20(13-17)27-11-5-6-12-27/h3-4,7-10,13,16H,5-6,11-12,14-15H2,1-2H3,(H2,23,25,26). The van der Waals surface area contributed by atoms with E-state index in [1.54, 1.807) is 25.2 Å². The summed E-state index contributed by atoms with van der Waals surface area (Å²) in [6.45, 7) is 5.19. The molecule has 1 aliphatic rings. The zero-order chi connectivity index (χ0) is 19.8. The van der Waals surface area contributed by atoms with Gasteiger partial charge in [-0.25, -0.2) is 9.37 Å². The van der Waals surface area contributed by atoms with E-state index in [-0.39, 0.29) is 17.7 Å². The highest BCUT2D eigenvalue weighted by Crippen LogP contribution is 2.18. The molecule has 28 heavy (non-hydrogen) atoms. The summed E-state index contributed by atoms with van der Waals surface area (Å²) in [6.07, 6.45) is 4.10. The van der Waals surface area contributed by atoms with E-state index in [1.807, 2.05) is 19.2 Å². The fourth-order valence-corrected chi connectivity index (χ4v) is 3.14.